The fourth-order valence-electron chi connectivity index (χ4n) is 6.66. The van der Waals surface area contributed by atoms with Crippen LogP contribution in [0.3, 0.4) is 0 Å². The quantitative estimate of drug-likeness (QED) is 0.0795. The number of hydrogen-bond acceptors (Lipinski definition) is 6. The molecule has 0 aromatic heterocycles. The largest absolute Gasteiger partial charge is 0.513 e. The zero-order valence-electron chi connectivity index (χ0n) is 28.2. The Morgan fingerprint density at radius 1 is 0.479 bits per heavy atom. The molecular formula is C42H42O6. The van der Waals surface area contributed by atoms with Crippen LogP contribution in [0.5, 0.6) is 11.5 Å². The van der Waals surface area contributed by atoms with E-state index in [1.165, 1.54) is 11.1 Å². The Labute approximate surface area is 281 Å². The van der Waals surface area contributed by atoms with E-state index < -0.39 is 12.3 Å². The van der Waals surface area contributed by atoms with E-state index >= 15 is 0 Å². The Kier molecular flexibility index (Phi) is 10.1. The average molecular weight is 643 g/mol. The van der Waals surface area contributed by atoms with Crippen molar-refractivity contribution >= 4 is 55.4 Å². The highest BCUT2D eigenvalue weighted by Gasteiger charge is 2.25. The van der Waals surface area contributed by atoms with Gasteiger partial charge in [-0.3, -0.25) is 0 Å². The van der Waals surface area contributed by atoms with Gasteiger partial charge in [0, 0.05) is 21.5 Å². The van der Waals surface area contributed by atoms with Gasteiger partial charge >= 0.3 is 12.3 Å². The van der Waals surface area contributed by atoms with Crippen molar-refractivity contribution in [3.63, 3.8) is 0 Å². The van der Waals surface area contributed by atoms with Gasteiger partial charge in [0.2, 0.25) is 0 Å². The first-order valence-corrected chi connectivity index (χ1v) is 17.1. The number of ether oxygens (including phenoxy) is 4. The Morgan fingerprint density at radius 3 is 1.23 bits per heavy atom. The molecule has 0 aliphatic carbocycles. The normalized spacial score (nSPS) is 11.3. The Balaban J connectivity index is 1.79. The first-order valence-electron chi connectivity index (χ1n) is 17.1. The van der Waals surface area contributed by atoms with Crippen LogP contribution in [0.15, 0.2) is 84.9 Å². The zero-order valence-corrected chi connectivity index (χ0v) is 28.2. The monoisotopic (exact) mass is 642 g/mol. The van der Waals surface area contributed by atoms with Gasteiger partial charge in [0.1, 0.15) is 11.5 Å². The molecule has 0 aliphatic rings. The van der Waals surface area contributed by atoms with Crippen molar-refractivity contribution < 1.29 is 28.5 Å². The molecule has 48 heavy (non-hydrogen) atoms. The zero-order chi connectivity index (χ0) is 33.6. The summed E-state index contributed by atoms with van der Waals surface area (Å²) in [6.45, 7) is 8.35. The molecule has 0 N–H and O–H groups in total. The number of carbonyl (C=O) groups excluding carboxylic acids is 2. The lowest BCUT2D eigenvalue weighted by Crippen LogP contribution is -2.11. The fraction of sp³-hybridized carbons (Fsp3) is 0.286. The van der Waals surface area contributed by atoms with Crippen molar-refractivity contribution in [1.29, 1.82) is 0 Å². The van der Waals surface area contributed by atoms with Gasteiger partial charge in [-0.25, -0.2) is 9.59 Å². The van der Waals surface area contributed by atoms with E-state index in [0.29, 0.717) is 11.5 Å². The van der Waals surface area contributed by atoms with Crippen LogP contribution in [0.25, 0.3) is 54.2 Å². The summed E-state index contributed by atoms with van der Waals surface area (Å²) in [7, 11) is 0. The molecule has 0 bridgehead atoms. The predicted molar refractivity (Wildman–Crippen MR) is 194 cm³/mol. The lowest BCUT2D eigenvalue weighted by Gasteiger charge is -2.22. The molecule has 0 saturated carbocycles. The molecular weight excluding hydrogens is 600 g/mol. The maximum absolute atomic E-state index is 12.8. The lowest BCUT2D eigenvalue weighted by atomic mass is 9.84. The summed E-state index contributed by atoms with van der Waals surface area (Å²) in [5.74, 6) is 0.953. The molecule has 0 saturated heterocycles. The van der Waals surface area contributed by atoms with Gasteiger partial charge in [0.15, 0.2) is 0 Å². The topological polar surface area (TPSA) is 71.1 Å². The standard InChI is InChI=1S/C42H42O6/c1-5-9-15-27-21-23-33-35(25-27)37(29-17-11-13-19-31(29)39(33)47-41(43)45-7-3)38-30-18-12-14-20-32(30)40(48-42(44)46-8-4)34-24-22-28(16-10-6-2)26-36(34)38/h11-14,17-26H,5-10,15-16H2,1-4H3. The van der Waals surface area contributed by atoms with Crippen molar-refractivity contribution in [1.82, 2.24) is 0 Å². The Hall–Kier alpha value is -5.10. The summed E-state index contributed by atoms with van der Waals surface area (Å²) in [5.41, 5.74) is 4.49. The molecule has 0 atom stereocenters. The van der Waals surface area contributed by atoms with Gasteiger partial charge in [-0.1, -0.05) is 112 Å². The molecule has 6 aromatic carbocycles. The van der Waals surface area contributed by atoms with Crippen molar-refractivity contribution in [3.05, 3.63) is 96.1 Å². The van der Waals surface area contributed by atoms with Crippen molar-refractivity contribution in [2.75, 3.05) is 13.2 Å². The molecule has 246 valence electrons. The molecule has 0 unspecified atom stereocenters. The van der Waals surface area contributed by atoms with E-state index in [1.54, 1.807) is 13.8 Å². The molecule has 6 heteroatoms. The first kappa shape index (κ1) is 32.8. The molecule has 6 rings (SSSR count). The van der Waals surface area contributed by atoms with Crippen LogP contribution in [-0.4, -0.2) is 25.5 Å². The summed E-state index contributed by atoms with van der Waals surface area (Å²) in [6.07, 6.45) is 4.69. The van der Waals surface area contributed by atoms with Crippen LogP contribution in [-0.2, 0) is 22.3 Å². The maximum Gasteiger partial charge on any atom is 0.513 e. The molecule has 0 aliphatic heterocycles. The van der Waals surface area contributed by atoms with Crippen molar-refractivity contribution in [2.45, 2.75) is 66.2 Å². The molecule has 0 heterocycles. The number of rotatable bonds is 11. The van der Waals surface area contributed by atoms with Gasteiger partial charge < -0.3 is 18.9 Å². The second kappa shape index (κ2) is 14.8. The number of benzene rings is 6. The molecule has 0 radical (unpaired) electrons. The average Bonchev–Trinajstić information content (AvgIpc) is 3.10. The minimum Gasteiger partial charge on any atom is -0.434 e. The SMILES string of the molecule is CCCCc1ccc2c(OC(=O)OCC)c3ccccc3c(-c3c4ccccc4c(OC(=O)OCC)c4ccc(CCCC)cc34)c2c1. The summed E-state index contributed by atoms with van der Waals surface area (Å²) in [4.78, 5) is 25.6. The van der Waals surface area contributed by atoms with Crippen LogP contribution in [0.1, 0.15) is 64.5 Å². The second-order valence-electron chi connectivity index (χ2n) is 12.0. The van der Waals surface area contributed by atoms with Gasteiger partial charge in [-0.15, -0.1) is 0 Å². The third kappa shape index (κ3) is 6.40. The highest BCUT2D eigenvalue weighted by Crippen LogP contribution is 2.50. The van der Waals surface area contributed by atoms with Crippen LogP contribution < -0.4 is 9.47 Å². The molecule has 6 nitrogen and oxygen atoms in total. The molecule has 0 fully saturated rings. The van der Waals surface area contributed by atoms with Gasteiger partial charge in [0.05, 0.1) is 13.2 Å². The van der Waals surface area contributed by atoms with E-state index in [2.05, 4.69) is 62.4 Å². The number of aryl methyl sites for hydroxylation is 2. The van der Waals surface area contributed by atoms with E-state index in [-0.39, 0.29) is 13.2 Å². The Morgan fingerprint density at radius 2 is 0.854 bits per heavy atom. The Bertz CT molecular complexity index is 1980. The number of hydrogen-bond donors (Lipinski definition) is 0. The van der Waals surface area contributed by atoms with Gasteiger partial charge in [0.25, 0.3) is 0 Å². The smallest absolute Gasteiger partial charge is 0.434 e. The van der Waals surface area contributed by atoms with E-state index in [9.17, 15) is 9.59 Å². The van der Waals surface area contributed by atoms with Crippen molar-refractivity contribution in [2.24, 2.45) is 0 Å². The molecule has 6 aromatic rings. The van der Waals surface area contributed by atoms with Crippen LogP contribution in [0.4, 0.5) is 9.59 Å². The molecule has 0 spiro atoms. The highest BCUT2D eigenvalue weighted by atomic mass is 16.7. The summed E-state index contributed by atoms with van der Waals surface area (Å²) < 4.78 is 22.5. The first-order chi connectivity index (χ1) is 23.5. The van der Waals surface area contributed by atoms with Crippen LogP contribution >= 0.6 is 0 Å². The number of unbranched alkanes of at least 4 members (excludes halogenated alkanes) is 2. The summed E-state index contributed by atoms with van der Waals surface area (Å²) in [5, 5.41) is 7.10. The fourth-order valence-corrected chi connectivity index (χ4v) is 6.66. The van der Waals surface area contributed by atoms with Crippen LogP contribution in [0, 0.1) is 0 Å². The predicted octanol–water partition coefficient (Wildman–Crippen LogP) is 11.7. The van der Waals surface area contributed by atoms with E-state index in [4.69, 9.17) is 18.9 Å². The van der Waals surface area contributed by atoms with Crippen LogP contribution in [0.2, 0.25) is 0 Å². The van der Waals surface area contributed by atoms with E-state index in [1.807, 2.05) is 36.4 Å². The second-order valence-corrected chi connectivity index (χ2v) is 12.0. The minimum atomic E-state index is -0.733. The van der Waals surface area contributed by atoms with E-state index in [0.717, 1.165) is 92.7 Å². The van der Waals surface area contributed by atoms with Gasteiger partial charge in [-0.2, -0.15) is 0 Å². The highest BCUT2D eigenvalue weighted by molar-refractivity contribution is 6.27. The summed E-state index contributed by atoms with van der Waals surface area (Å²) >= 11 is 0. The third-order valence-corrected chi connectivity index (χ3v) is 8.86. The van der Waals surface area contributed by atoms with Gasteiger partial charge in [-0.05, 0) is 83.3 Å². The molecule has 0 amide bonds. The number of carbonyl (C=O) groups is 2. The minimum absolute atomic E-state index is 0.215. The summed E-state index contributed by atoms with van der Waals surface area (Å²) in [6, 6.07) is 29.0. The number of fused-ring (bicyclic) bond motifs is 4. The lowest BCUT2D eigenvalue weighted by molar-refractivity contribution is 0.104. The van der Waals surface area contributed by atoms with Crippen molar-refractivity contribution in [3.8, 4) is 22.6 Å². The third-order valence-electron chi connectivity index (χ3n) is 8.86. The maximum atomic E-state index is 12.8.